The second-order valence-electron chi connectivity index (χ2n) is 5.43. The molecule has 1 heterocycles. The van der Waals surface area contributed by atoms with Crippen LogP contribution in [-0.2, 0) is 14.8 Å². The summed E-state index contributed by atoms with van der Waals surface area (Å²) < 4.78 is 32.6. The van der Waals surface area contributed by atoms with E-state index in [1.165, 1.54) is 31.3 Å². The number of carboxylic acids is 1. The summed E-state index contributed by atoms with van der Waals surface area (Å²) in [6.07, 6.45) is -0.0240. The summed E-state index contributed by atoms with van der Waals surface area (Å²) in [4.78, 5) is 25.0. The van der Waals surface area contributed by atoms with Crippen molar-refractivity contribution in [2.75, 3.05) is 31.4 Å². The third-order valence-electron chi connectivity index (χ3n) is 3.70. The predicted octanol–water partition coefficient (Wildman–Crippen LogP) is 0.0434. The van der Waals surface area contributed by atoms with Crippen molar-refractivity contribution >= 4 is 27.6 Å². The number of methoxy groups -OCH3 is 2. The molecule has 1 aromatic carbocycles. The number of carbonyl (C=O) groups excluding carboxylic acids is 1. The number of primary sulfonamides is 1. The van der Waals surface area contributed by atoms with Gasteiger partial charge in [0.1, 0.15) is 0 Å². The van der Waals surface area contributed by atoms with Crippen LogP contribution in [0, 0.1) is 5.92 Å². The molecule has 1 aromatic rings. The maximum atomic E-state index is 12.2. The van der Waals surface area contributed by atoms with Crippen LogP contribution >= 0.6 is 0 Å². The second kappa shape index (κ2) is 6.65. The lowest BCUT2D eigenvalue weighted by atomic mass is 10.1. The number of nitrogens with two attached hydrogens (primary N) is 1. The summed E-state index contributed by atoms with van der Waals surface area (Å²) in [5.41, 5.74) is -0.0145. The number of nitrogens with zero attached hydrogens (tertiary/aromatic N) is 1. The highest BCUT2D eigenvalue weighted by atomic mass is 32.2. The molecule has 1 saturated heterocycles. The first-order chi connectivity index (χ1) is 11.2. The third kappa shape index (κ3) is 3.77. The van der Waals surface area contributed by atoms with Gasteiger partial charge >= 0.3 is 5.97 Å². The van der Waals surface area contributed by atoms with Crippen molar-refractivity contribution in [3.8, 4) is 11.5 Å². The molecule has 3 N–H and O–H groups in total. The van der Waals surface area contributed by atoms with Crippen LogP contribution in [0.15, 0.2) is 12.1 Å². The normalized spacial score (nSPS) is 17.9. The Morgan fingerprint density at radius 2 is 1.92 bits per heavy atom. The Balaban J connectivity index is 2.43. The molecule has 1 atom stereocenters. The number of ether oxygens (including phenoxy) is 2. The molecule has 24 heavy (non-hydrogen) atoms. The number of amides is 1. The van der Waals surface area contributed by atoms with Gasteiger partial charge in [0.15, 0.2) is 11.5 Å². The molecule has 2 rings (SSSR count). The van der Waals surface area contributed by atoms with Gasteiger partial charge in [-0.05, 0) is 0 Å². The Morgan fingerprint density at radius 1 is 1.33 bits per heavy atom. The summed E-state index contributed by atoms with van der Waals surface area (Å²) in [5, 5.41) is 14.4. The van der Waals surface area contributed by atoms with Crippen LogP contribution in [0.2, 0.25) is 0 Å². The molecular weight excluding hydrogens is 340 g/mol. The van der Waals surface area contributed by atoms with Gasteiger partial charge in [0.05, 0.1) is 31.2 Å². The van der Waals surface area contributed by atoms with Gasteiger partial charge in [-0.15, -0.1) is 0 Å². The van der Waals surface area contributed by atoms with E-state index in [9.17, 15) is 23.1 Å². The first kappa shape index (κ1) is 18.0. The van der Waals surface area contributed by atoms with Crippen LogP contribution < -0.4 is 19.5 Å². The van der Waals surface area contributed by atoms with Crippen LogP contribution in [0.25, 0.3) is 0 Å². The summed E-state index contributed by atoms with van der Waals surface area (Å²) in [5.74, 6) is -1.98. The largest absolute Gasteiger partial charge is 0.493 e. The number of sulfonamides is 1. The molecule has 1 amide bonds. The molecule has 1 aliphatic rings. The van der Waals surface area contributed by atoms with Gasteiger partial charge in [-0.3, -0.25) is 4.79 Å². The zero-order chi connectivity index (χ0) is 18.1. The number of hydrogen-bond acceptors (Lipinski definition) is 6. The molecule has 1 fully saturated rings. The Morgan fingerprint density at radius 3 is 2.42 bits per heavy atom. The SMILES string of the molecule is COc1cc(C(=O)O)c(N2CC(CS(N)(=O)=O)CC2=O)cc1OC. The molecule has 0 aromatic heterocycles. The van der Waals surface area contributed by atoms with Gasteiger partial charge in [-0.2, -0.15) is 0 Å². The molecule has 0 spiro atoms. The van der Waals surface area contributed by atoms with E-state index in [1.807, 2.05) is 0 Å². The molecule has 9 nitrogen and oxygen atoms in total. The van der Waals surface area contributed by atoms with Crippen molar-refractivity contribution in [2.24, 2.45) is 11.1 Å². The number of aromatic carboxylic acids is 1. The Hall–Kier alpha value is -2.33. The molecule has 0 bridgehead atoms. The number of anilines is 1. The van der Waals surface area contributed by atoms with Crippen molar-refractivity contribution < 1.29 is 32.6 Å². The third-order valence-corrected chi connectivity index (χ3v) is 4.63. The van der Waals surface area contributed by atoms with Crippen LogP contribution in [0.3, 0.4) is 0 Å². The van der Waals surface area contributed by atoms with Gasteiger partial charge < -0.3 is 19.5 Å². The van der Waals surface area contributed by atoms with E-state index in [-0.39, 0.29) is 47.4 Å². The van der Waals surface area contributed by atoms with Crippen molar-refractivity contribution in [3.63, 3.8) is 0 Å². The van der Waals surface area contributed by atoms with Gasteiger partial charge in [-0.1, -0.05) is 0 Å². The highest BCUT2D eigenvalue weighted by Gasteiger charge is 2.35. The number of benzene rings is 1. The van der Waals surface area contributed by atoms with Gasteiger partial charge in [0, 0.05) is 31.0 Å². The maximum Gasteiger partial charge on any atom is 0.337 e. The quantitative estimate of drug-likeness (QED) is 0.733. The zero-order valence-electron chi connectivity index (χ0n) is 13.2. The molecule has 0 saturated carbocycles. The van der Waals surface area contributed by atoms with E-state index in [1.54, 1.807) is 0 Å². The number of rotatable bonds is 6. The van der Waals surface area contributed by atoms with Crippen LogP contribution in [0.1, 0.15) is 16.8 Å². The summed E-state index contributed by atoms with van der Waals surface area (Å²) in [7, 11) is -0.972. The highest BCUT2D eigenvalue weighted by molar-refractivity contribution is 7.89. The molecule has 1 aliphatic heterocycles. The number of carboxylic acid groups (broad SMARTS) is 1. The first-order valence-electron chi connectivity index (χ1n) is 6.96. The monoisotopic (exact) mass is 358 g/mol. The Kier molecular flexibility index (Phi) is 4.99. The second-order valence-corrected chi connectivity index (χ2v) is 7.09. The van der Waals surface area contributed by atoms with Crippen molar-refractivity contribution in [1.29, 1.82) is 0 Å². The minimum absolute atomic E-state index is 0.0240. The van der Waals surface area contributed by atoms with Crippen molar-refractivity contribution in [1.82, 2.24) is 0 Å². The number of hydrogen-bond donors (Lipinski definition) is 2. The van der Waals surface area contributed by atoms with E-state index in [2.05, 4.69) is 0 Å². The van der Waals surface area contributed by atoms with Crippen molar-refractivity contribution in [3.05, 3.63) is 17.7 Å². The fraction of sp³-hybridized carbons (Fsp3) is 0.429. The average molecular weight is 358 g/mol. The van der Waals surface area contributed by atoms with E-state index in [0.29, 0.717) is 0 Å². The molecule has 0 aliphatic carbocycles. The van der Waals surface area contributed by atoms with E-state index in [0.717, 1.165) is 0 Å². The topological polar surface area (TPSA) is 136 Å². The average Bonchev–Trinajstić information content (AvgIpc) is 2.83. The minimum Gasteiger partial charge on any atom is -0.493 e. The summed E-state index contributed by atoms with van der Waals surface area (Å²) >= 11 is 0. The fourth-order valence-electron chi connectivity index (χ4n) is 2.72. The molecular formula is C14H18N2O7S. The van der Waals surface area contributed by atoms with Gasteiger partial charge in [-0.25, -0.2) is 18.4 Å². The van der Waals surface area contributed by atoms with Gasteiger partial charge in [0.25, 0.3) is 0 Å². The van der Waals surface area contributed by atoms with E-state index >= 15 is 0 Å². The minimum atomic E-state index is -3.73. The summed E-state index contributed by atoms with van der Waals surface area (Å²) in [6.45, 7) is 0.0605. The first-order valence-corrected chi connectivity index (χ1v) is 8.68. The smallest absolute Gasteiger partial charge is 0.337 e. The zero-order valence-corrected chi connectivity index (χ0v) is 14.0. The van der Waals surface area contributed by atoms with Crippen LogP contribution in [-0.4, -0.2) is 51.9 Å². The van der Waals surface area contributed by atoms with Crippen LogP contribution in [0.5, 0.6) is 11.5 Å². The molecule has 0 radical (unpaired) electrons. The van der Waals surface area contributed by atoms with E-state index < -0.39 is 21.9 Å². The maximum absolute atomic E-state index is 12.2. The molecule has 1 unspecified atom stereocenters. The van der Waals surface area contributed by atoms with Crippen molar-refractivity contribution in [2.45, 2.75) is 6.42 Å². The van der Waals surface area contributed by atoms with E-state index in [4.69, 9.17) is 14.6 Å². The van der Waals surface area contributed by atoms with Gasteiger partial charge in [0.2, 0.25) is 15.9 Å². The predicted molar refractivity (Wildman–Crippen MR) is 84.9 cm³/mol. The number of carbonyl (C=O) groups is 2. The Labute approximate surface area is 139 Å². The molecule has 132 valence electrons. The lowest BCUT2D eigenvalue weighted by Gasteiger charge is -2.21. The van der Waals surface area contributed by atoms with Crippen LogP contribution in [0.4, 0.5) is 5.69 Å². The highest BCUT2D eigenvalue weighted by Crippen LogP contribution is 2.37. The lowest BCUT2D eigenvalue weighted by molar-refractivity contribution is -0.117. The molecule has 10 heteroatoms. The fourth-order valence-corrected chi connectivity index (χ4v) is 3.60. The summed E-state index contributed by atoms with van der Waals surface area (Å²) in [6, 6.07) is 2.65. The lowest BCUT2D eigenvalue weighted by Crippen LogP contribution is -2.28. The standard InChI is InChI=1S/C14H18N2O7S/c1-22-11-4-9(14(18)19)10(5-12(11)23-2)16-6-8(3-13(16)17)7-24(15,20)21/h4-5,8H,3,6-7H2,1-2H3,(H,18,19)(H2,15,20,21). The Bertz CT molecular complexity index is 776.